The van der Waals surface area contributed by atoms with E-state index in [0.717, 1.165) is 11.1 Å². The first-order chi connectivity index (χ1) is 9.88. The molecule has 0 saturated heterocycles. The average molecular weight is 260 g/mol. The van der Waals surface area contributed by atoms with Gasteiger partial charge in [-0.15, -0.1) is 0 Å². The van der Waals surface area contributed by atoms with Crippen molar-refractivity contribution >= 4 is 38.0 Å². The highest BCUT2D eigenvalue weighted by molar-refractivity contribution is 6.19. The molecule has 0 aromatic heterocycles. The molecule has 4 rings (SSSR count). The summed E-state index contributed by atoms with van der Waals surface area (Å²) in [6.45, 7) is 0. The topological polar surface area (TPSA) is 36.8 Å². The molecule has 0 spiro atoms. The van der Waals surface area contributed by atoms with Crippen LogP contribution in [0.25, 0.3) is 32.3 Å². The van der Waals surface area contributed by atoms with Gasteiger partial charge in [-0.25, -0.2) is 5.21 Å². The van der Waals surface area contributed by atoms with E-state index in [1.54, 1.807) is 0 Å². The lowest BCUT2D eigenvalue weighted by atomic mass is 9.96. The van der Waals surface area contributed by atoms with Crippen molar-refractivity contribution < 1.29 is 10.7 Å². The molecular formula is C18H14NO+. The standard InChI is InChI=1S/C18H13NO/c20-19-18-11-17-13-6-2-1-5-12(13)9-10-15(17)14-7-3-4-8-16(14)18/h1-11,19-20H/p+1. The number of quaternary nitrogens is 1. The molecule has 0 aliphatic rings. The van der Waals surface area contributed by atoms with Crippen molar-refractivity contribution in [1.82, 2.24) is 0 Å². The van der Waals surface area contributed by atoms with Crippen LogP contribution in [0.2, 0.25) is 0 Å². The van der Waals surface area contributed by atoms with Gasteiger partial charge in [0.15, 0.2) is 5.69 Å². The molecule has 0 aliphatic carbocycles. The smallest absolute Gasteiger partial charge is 0.170 e. The molecule has 3 N–H and O–H groups in total. The van der Waals surface area contributed by atoms with Gasteiger partial charge in [0.05, 0.1) is 0 Å². The molecular weight excluding hydrogens is 246 g/mol. The summed E-state index contributed by atoms with van der Waals surface area (Å²) in [5, 5.41) is 16.7. The Balaban J connectivity index is 2.30. The van der Waals surface area contributed by atoms with Crippen LogP contribution in [0.3, 0.4) is 0 Å². The second-order valence-electron chi connectivity index (χ2n) is 5.02. The molecule has 0 bridgehead atoms. The van der Waals surface area contributed by atoms with Gasteiger partial charge < -0.3 is 0 Å². The fraction of sp³-hybridized carbons (Fsp3) is 0. The monoisotopic (exact) mass is 260 g/mol. The van der Waals surface area contributed by atoms with Gasteiger partial charge in [0.2, 0.25) is 0 Å². The third-order valence-corrected chi connectivity index (χ3v) is 3.94. The van der Waals surface area contributed by atoms with Crippen LogP contribution < -0.4 is 5.48 Å². The number of rotatable bonds is 1. The molecule has 0 saturated carbocycles. The van der Waals surface area contributed by atoms with Gasteiger partial charge in [-0.05, 0) is 33.0 Å². The van der Waals surface area contributed by atoms with Gasteiger partial charge in [0.25, 0.3) is 0 Å². The summed E-state index contributed by atoms with van der Waals surface area (Å²) in [5.74, 6) is 0. The largest absolute Gasteiger partial charge is 0.215 e. The Labute approximate surface area is 116 Å². The fourth-order valence-electron chi connectivity index (χ4n) is 3.00. The lowest BCUT2D eigenvalue weighted by Gasteiger charge is -2.09. The van der Waals surface area contributed by atoms with Gasteiger partial charge >= 0.3 is 0 Å². The van der Waals surface area contributed by atoms with Gasteiger partial charge in [-0.1, -0.05) is 54.6 Å². The van der Waals surface area contributed by atoms with Crippen LogP contribution in [0.1, 0.15) is 0 Å². The SMILES string of the molecule is O[NH2+]c1cc2c3ccccc3ccc2c2ccccc12. The number of benzene rings is 4. The summed E-state index contributed by atoms with van der Waals surface area (Å²) in [6.07, 6.45) is 0. The lowest BCUT2D eigenvalue weighted by molar-refractivity contribution is -0.824. The molecule has 0 aliphatic heterocycles. The molecule has 0 radical (unpaired) electrons. The number of hydrogen-bond acceptors (Lipinski definition) is 1. The highest BCUT2D eigenvalue weighted by atomic mass is 16.5. The Morgan fingerprint density at radius 3 is 2.05 bits per heavy atom. The van der Waals surface area contributed by atoms with E-state index >= 15 is 0 Å². The molecule has 0 atom stereocenters. The molecule has 0 heterocycles. The minimum absolute atomic E-state index is 0.865. The van der Waals surface area contributed by atoms with Crippen LogP contribution in [-0.4, -0.2) is 5.21 Å². The highest BCUT2D eigenvalue weighted by Crippen LogP contribution is 2.33. The average Bonchev–Trinajstić information content (AvgIpc) is 2.53. The van der Waals surface area contributed by atoms with E-state index in [0.29, 0.717) is 0 Å². The summed E-state index contributed by atoms with van der Waals surface area (Å²) in [7, 11) is 0. The first kappa shape index (κ1) is 11.4. The molecule has 0 fully saturated rings. The van der Waals surface area contributed by atoms with Crippen molar-refractivity contribution in [3.63, 3.8) is 0 Å². The van der Waals surface area contributed by atoms with E-state index in [1.165, 1.54) is 32.4 Å². The Kier molecular flexibility index (Phi) is 2.46. The maximum absolute atomic E-state index is 9.54. The zero-order valence-electron chi connectivity index (χ0n) is 10.9. The Hall–Kier alpha value is -2.42. The minimum Gasteiger partial charge on any atom is -0.215 e. The normalized spacial score (nSPS) is 11.4. The minimum atomic E-state index is 0.865. The molecule has 2 heteroatoms. The Morgan fingerprint density at radius 2 is 1.25 bits per heavy atom. The van der Waals surface area contributed by atoms with Crippen LogP contribution in [0.15, 0.2) is 66.7 Å². The van der Waals surface area contributed by atoms with Gasteiger partial charge in [0.1, 0.15) is 0 Å². The van der Waals surface area contributed by atoms with Crippen molar-refractivity contribution in [2.75, 3.05) is 0 Å². The van der Waals surface area contributed by atoms with Crippen LogP contribution in [0, 0.1) is 0 Å². The third-order valence-electron chi connectivity index (χ3n) is 3.94. The molecule has 2 nitrogen and oxygen atoms in total. The molecule has 96 valence electrons. The fourth-order valence-corrected chi connectivity index (χ4v) is 3.00. The first-order valence-corrected chi connectivity index (χ1v) is 6.69. The quantitative estimate of drug-likeness (QED) is 0.305. The maximum Gasteiger partial charge on any atom is 0.170 e. The second-order valence-corrected chi connectivity index (χ2v) is 5.02. The van der Waals surface area contributed by atoms with Crippen LogP contribution in [0.4, 0.5) is 5.69 Å². The number of hydrogen-bond donors (Lipinski definition) is 2. The predicted octanol–water partition coefficient (Wildman–Crippen LogP) is 3.73. The van der Waals surface area contributed by atoms with Gasteiger partial charge in [0, 0.05) is 11.5 Å². The molecule has 4 aromatic rings. The summed E-state index contributed by atoms with van der Waals surface area (Å²) < 4.78 is 0. The van der Waals surface area contributed by atoms with E-state index in [4.69, 9.17) is 0 Å². The van der Waals surface area contributed by atoms with Crippen molar-refractivity contribution in [3.8, 4) is 0 Å². The van der Waals surface area contributed by atoms with Crippen LogP contribution in [-0.2, 0) is 0 Å². The summed E-state index contributed by atoms with van der Waals surface area (Å²) >= 11 is 0. The predicted molar refractivity (Wildman–Crippen MR) is 82.3 cm³/mol. The Morgan fingerprint density at radius 1 is 0.600 bits per heavy atom. The van der Waals surface area contributed by atoms with E-state index in [2.05, 4.69) is 42.5 Å². The molecule has 0 amide bonds. The van der Waals surface area contributed by atoms with Crippen molar-refractivity contribution in [1.29, 1.82) is 0 Å². The summed E-state index contributed by atoms with van der Waals surface area (Å²) in [6, 6.07) is 23.0. The third kappa shape index (κ3) is 1.53. The van der Waals surface area contributed by atoms with Crippen molar-refractivity contribution in [3.05, 3.63) is 66.7 Å². The van der Waals surface area contributed by atoms with E-state index < -0.39 is 0 Å². The zero-order chi connectivity index (χ0) is 13.5. The first-order valence-electron chi connectivity index (χ1n) is 6.69. The number of fused-ring (bicyclic) bond motifs is 5. The number of nitrogens with two attached hydrogens (primary N) is 1. The Bertz CT molecular complexity index is 944. The lowest BCUT2D eigenvalue weighted by Crippen LogP contribution is -2.73. The van der Waals surface area contributed by atoms with E-state index in [-0.39, 0.29) is 0 Å². The highest BCUT2D eigenvalue weighted by Gasteiger charge is 2.10. The summed E-state index contributed by atoms with van der Waals surface area (Å²) in [4.78, 5) is 0. The van der Waals surface area contributed by atoms with Gasteiger partial charge in [-0.2, -0.15) is 5.48 Å². The van der Waals surface area contributed by atoms with E-state index in [9.17, 15) is 5.21 Å². The van der Waals surface area contributed by atoms with Crippen molar-refractivity contribution in [2.45, 2.75) is 0 Å². The van der Waals surface area contributed by atoms with Crippen LogP contribution in [0.5, 0.6) is 0 Å². The molecule has 0 unspecified atom stereocenters. The summed E-state index contributed by atoms with van der Waals surface area (Å²) in [5.41, 5.74) is 2.06. The van der Waals surface area contributed by atoms with E-state index in [1.807, 2.05) is 24.3 Å². The zero-order valence-corrected chi connectivity index (χ0v) is 10.9. The van der Waals surface area contributed by atoms with Gasteiger partial charge in [-0.3, -0.25) is 0 Å². The second kappa shape index (κ2) is 4.30. The maximum atomic E-state index is 9.54. The molecule has 20 heavy (non-hydrogen) atoms. The van der Waals surface area contributed by atoms with Crippen molar-refractivity contribution in [2.24, 2.45) is 0 Å². The molecule has 4 aromatic carbocycles. The van der Waals surface area contributed by atoms with Crippen LogP contribution >= 0.6 is 0 Å².